The predicted octanol–water partition coefficient (Wildman–Crippen LogP) is 1.50. The van der Waals surface area contributed by atoms with Crippen LogP contribution in [0.2, 0.25) is 0 Å². The van der Waals surface area contributed by atoms with Crippen LogP contribution in [0, 0.1) is 5.92 Å². The van der Waals surface area contributed by atoms with Gasteiger partial charge in [-0.25, -0.2) is 0 Å². The number of anilines is 1. The number of carbonyl (C=O) groups excluding carboxylic acids is 1. The van der Waals surface area contributed by atoms with Crippen molar-refractivity contribution in [2.24, 2.45) is 5.92 Å². The number of amides is 1. The van der Waals surface area contributed by atoms with Gasteiger partial charge in [0, 0.05) is 31.9 Å². The minimum absolute atomic E-state index is 0.0471. The van der Waals surface area contributed by atoms with Crippen molar-refractivity contribution in [3.63, 3.8) is 0 Å². The fourth-order valence-corrected chi connectivity index (χ4v) is 2.70. The number of nitrogens with two attached hydrogens (primary N) is 1. The molecule has 1 aliphatic heterocycles. The maximum Gasteiger partial charge on any atom is 0.270 e. The van der Waals surface area contributed by atoms with E-state index in [2.05, 4.69) is 0 Å². The molecule has 0 spiro atoms. The van der Waals surface area contributed by atoms with Gasteiger partial charge in [-0.05, 0) is 38.7 Å². The first kappa shape index (κ1) is 13.9. The van der Waals surface area contributed by atoms with Gasteiger partial charge in [0.05, 0.1) is 5.69 Å². The van der Waals surface area contributed by atoms with Crippen LogP contribution in [0.25, 0.3) is 0 Å². The van der Waals surface area contributed by atoms with Crippen molar-refractivity contribution < 1.29 is 9.90 Å². The number of rotatable bonds is 4. The lowest BCUT2D eigenvalue weighted by molar-refractivity contribution is 0.0772. The zero-order valence-electron chi connectivity index (χ0n) is 11.7. The van der Waals surface area contributed by atoms with Gasteiger partial charge in [0.15, 0.2) is 0 Å². The Labute approximate surface area is 114 Å². The zero-order chi connectivity index (χ0) is 14.0. The Morgan fingerprint density at radius 3 is 2.95 bits per heavy atom. The number of nitrogens with zero attached hydrogens (tertiary/aromatic N) is 2. The molecule has 0 aliphatic carbocycles. The Morgan fingerprint density at radius 2 is 2.32 bits per heavy atom. The van der Waals surface area contributed by atoms with Crippen LogP contribution in [0.1, 0.15) is 43.2 Å². The van der Waals surface area contributed by atoms with Crippen LogP contribution in [-0.4, -0.2) is 40.2 Å². The highest BCUT2D eigenvalue weighted by molar-refractivity contribution is 5.94. The number of aliphatic hydroxyl groups is 1. The molecule has 106 valence electrons. The third-order valence-electron chi connectivity index (χ3n) is 3.76. The van der Waals surface area contributed by atoms with Crippen molar-refractivity contribution in [3.05, 3.63) is 18.0 Å². The van der Waals surface area contributed by atoms with E-state index in [0.717, 1.165) is 25.9 Å². The molecule has 0 aromatic carbocycles. The summed E-state index contributed by atoms with van der Waals surface area (Å²) >= 11 is 0. The average molecular weight is 265 g/mol. The Bertz CT molecular complexity index is 454. The zero-order valence-corrected chi connectivity index (χ0v) is 11.7. The van der Waals surface area contributed by atoms with Gasteiger partial charge in [0.1, 0.15) is 5.69 Å². The Morgan fingerprint density at radius 1 is 1.58 bits per heavy atom. The van der Waals surface area contributed by atoms with Crippen LogP contribution >= 0.6 is 0 Å². The van der Waals surface area contributed by atoms with E-state index in [1.807, 2.05) is 29.5 Å². The Hall–Kier alpha value is -1.49. The van der Waals surface area contributed by atoms with Gasteiger partial charge >= 0.3 is 0 Å². The third kappa shape index (κ3) is 2.92. The number of nitrogen functional groups attached to an aromatic ring is 1. The highest BCUT2D eigenvalue weighted by atomic mass is 16.3. The number of aromatic nitrogens is 1. The largest absolute Gasteiger partial charge is 0.397 e. The van der Waals surface area contributed by atoms with Crippen molar-refractivity contribution in [2.75, 3.05) is 25.4 Å². The molecule has 1 atom stereocenters. The van der Waals surface area contributed by atoms with Crippen molar-refractivity contribution in [2.45, 2.75) is 32.7 Å². The molecule has 19 heavy (non-hydrogen) atoms. The molecule has 3 N–H and O–H groups in total. The number of hydrogen-bond donors (Lipinski definition) is 2. The molecule has 1 fully saturated rings. The number of likely N-dealkylation sites (tertiary alicyclic amines) is 1. The average Bonchev–Trinajstić information content (AvgIpc) is 2.95. The van der Waals surface area contributed by atoms with Crippen LogP contribution in [0.3, 0.4) is 0 Å². The smallest absolute Gasteiger partial charge is 0.270 e. The highest BCUT2D eigenvalue weighted by Gasteiger charge is 2.28. The van der Waals surface area contributed by atoms with Crippen LogP contribution < -0.4 is 5.73 Å². The quantitative estimate of drug-likeness (QED) is 0.866. The summed E-state index contributed by atoms with van der Waals surface area (Å²) in [4.78, 5) is 14.4. The van der Waals surface area contributed by atoms with Crippen LogP contribution in [0.4, 0.5) is 5.69 Å². The molecule has 1 unspecified atom stereocenters. The van der Waals surface area contributed by atoms with E-state index < -0.39 is 0 Å². The minimum Gasteiger partial charge on any atom is -0.397 e. The maximum atomic E-state index is 12.5. The molecule has 0 radical (unpaired) electrons. The lowest BCUT2D eigenvalue weighted by Crippen LogP contribution is -2.30. The van der Waals surface area contributed by atoms with Gasteiger partial charge in [-0.3, -0.25) is 4.79 Å². The second-order valence-corrected chi connectivity index (χ2v) is 5.58. The minimum atomic E-state index is 0.0471. The molecule has 1 amide bonds. The van der Waals surface area contributed by atoms with Gasteiger partial charge in [-0.15, -0.1) is 0 Å². The van der Waals surface area contributed by atoms with E-state index in [-0.39, 0.29) is 18.6 Å². The molecule has 5 nitrogen and oxygen atoms in total. The molecule has 2 rings (SSSR count). The van der Waals surface area contributed by atoms with E-state index in [9.17, 15) is 4.79 Å². The standard InChI is InChI=1S/C14H23N3O2/c1-10(2)17-9-12(15)7-13(17)14(19)16-5-3-11(8-16)4-6-18/h7,9-11,18H,3-6,8,15H2,1-2H3. The summed E-state index contributed by atoms with van der Waals surface area (Å²) in [6, 6.07) is 1.97. The fourth-order valence-electron chi connectivity index (χ4n) is 2.70. The van der Waals surface area contributed by atoms with Gasteiger partial charge in [0.25, 0.3) is 5.91 Å². The molecule has 1 aliphatic rings. The number of hydrogen-bond acceptors (Lipinski definition) is 3. The first-order valence-electron chi connectivity index (χ1n) is 6.90. The van der Waals surface area contributed by atoms with Crippen LogP contribution in [0.15, 0.2) is 12.3 Å². The molecule has 2 heterocycles. The summed E-state index contributed by atoms with van der Waals surface area (Å²) in [5.74, 6) is 0.472. The van der Waals surface area contributed by atoms with E-state index >= 15 is 0 Å². The third-order valence-corrected chi connectivity index (χ3v) is 3.76. The predicted molar refractivity (Wildman–Crippen MR) is 74.9 cm³/mol. The van der Waals surface area contributed by atoms with Crippen LogP contribution in [0.5, 0.6) is 0 Å². The molecule has 0 bridgehead atoms. The van der Waals surface area contributed by atoms with Gasteiger partial charge in [0.2, 0.25) is 0 Å². The first-order chi connectivity index (χ1) is 9.02. The van der Waals surface area contributed by atoms with E-state index in [1.54, 1.807) is 6.07 Å². The summed E-state index contributed by atoms with van der Waals surface area (Å²) in [6.07, 6.45) is 3.57. The number of aliphatic hydroxyl groups excluding tert-OH is 1. The van der Waals surface area contributed by atoms with E-state index in [1.165, 1.54) is 0 Å². The molecule has 1 aromatic heterocycles. The SMILES string of the molecule is CC(C)n1cc(N)cc1C(=O)N1CCC(CCO)C1. The van der Waals surface area contributed by atoms with Crippen molar-refractivity contribution in [1.82, 2.24) is 9.47 Å². The molecule has 1 saturated heterocycles. The molecular weight excluding hydrogens is 242 g/mol. The summed E-state index contributed by atoms with van der Waals surface area (Å²) < 4.78 is 1.93. The summed E-state index contributed by atoms with van der Waals surface area (Å²) in [5.41, 5.74) is 7.10. The van der Waals surface area contributed by atoms with Crippen LogP contribution in [-0.2, 0) is 0 Å². The topological polar surface area (TPSA) is 71.5 Å². The Kier molecular flexibility index (Phi) is 4.14. The van der Waals surface area contributed by atoms with Gasteiger partial charge in [-0.1, -0.05) is 0 Å². The van der Waals surface area contributed by atoms with Gasteiger partial charge in [-0.2, -0.15) is 0 Å². The Balaban J connectivity index is 2.12. The second kappa shape index (κ2) is 5.65. The molecule has 5 heteroatoms. The van der Waals surface area contributed by atoms with Crippen molar-refractivity contribution in [3.8, 4) is 0 Å². The van der Waals surface area contributed by atoms with Crippen molar-refractivity contribution in [1.29, 1.82) is 0 Å². The summed E-state index contributed by atoms with van der Waals surface area (Å²) in [5, 5.41) is 8.96. The highest BCUT2D eigenvalue weighted by Crippen LogP contribution is 2.24. The monoisotopic (exact) mass is 265 g/mol. The van der Waals surface area contributed by atoms with E-state index in [0.29, 0.717) is 17.3 Å². The molecule has 0 saturated carbocycles. The van der Waals surface area contributed by atoms with Crippen molar-refractivity contribution >= 4 is 11.6 Å². The molecule has 1 aromatic rings. The second-order valence-electron chi connectivity index (χ2n) is 5.58. The molecular formula is C14H23N3O2. The lowest BCUT2D eigenvalue weighted by atomic mass is 10.1. The van der Waals surface area contributed by atoms with E-state index in [4.69, 9.17) is 10.8 Å². The summed E-state index contributed by atoms with van der Waals surface area (Å²) in [7, 11) is 0. The first-order valence-corrected chi connectivity index (χ1v) is 6.90. The number of carbonyl (C=O) groups is 1. The van der Waals surface area contributed by atoms with Gasteiger partial charge < -0.3 is 20.3 Å². The lowest BCUT2D eigenvalue weighted by Gasteiger charge is -2.19. The fraction of sp³-hybridized carbons (Fsp3) is 0.643. The summed E-state index contributed by atoms with van der Waals surface area (Å²) in [6.45, 7) is 5.78. The normalized spacial score (nSPS) is 19.4. The maximum absolute atomic E-state index is 12.5.